The van der Waals surface area contributed by atoms with Gasteiger partial charge in [-0.05, 0) is 104 Å². The summed E-state index contributed by atoms with van der Waals surface area (Å²) >= 11 is 0. The van der Waals surface area contributed by atoms with E-state index in [1.165, 1.54) is 25.7 Å². The zero-order valence-corrected chi connectivity index (χ0v) is 17.9. The number of hydrogen-bond donors (Lipinski definition) is 3. The Morgan fingerprint density at radius 2 is 1.68 bits per heavy atom. The first-order valence-electron chi connectivity index (χ1n) is 11.7. The molecule has 160 valence electrons. The summed E-state index contributed by atoms with van der Waals surface area (Å²) in [5.41, 5.74) is 0.523. The highest BCUT2D eigenvalue weighted by Crippen LogP contribution is 2.68. The third kappa shape index (κ3) is 3.14. The molecule has 0 bridgehead atoms. The number of carboxylic acid groups (broad SMARTS) is 1. The minimum absolute atomic E-state index is 0.179. The van der Waals surface area contributed by atoms with E-state index in [2.05, 4.69) is 20.8 Å². The number of carboxylic acids is 1. The molecule has 3 unspecified atom stereocenters. The van der Waals surface area contributed by atoms with Gasteiger partial charge in [0.25, 0.3) is 0 Å². The van der Waals surface area contributed by atoms with Gasteiger partial charge in [0.05, 0.1) is 12.2 Å². The van der Waals surface area contributed by atoms with E-state index in [0.29, 0.717) is 35.5 Å². The van der Waals surface area contributed by atoms with Crippen molar-refractivity contribution < 1.29 is 20.1 Å². The number of fused-ring (bicyclic) bond motifs is 5. The lowest BCUT2D eigenvalue weighted by molar-refractivity contribution is -0.174. The smallest absolute Gasteiger partial charge is 0.303 e. The van der Waals surface area contributed by atoms with Crippen LogP contribution in [0.15, 0.2) is 0 Å². The van der Waals surface area contributed by atoms with Crippen LogP contribution in [-0.4, -0.2) is 33.5 Å². The van der Waals surface area contributed by atoms with Gasteiger partial charge in [0.15, 0.2) is 0 Å². The van der Waals surface area contributed by atoms with Gasteiger partial charge in [-0.25, -0.2) is 0 Å². The summed E-state index contributed by atoms with van der Waals surface area (Å²) in [7, 11) is 0. The van der Waals surface area contributed by atoms with E-state index in [4.69, 9.17) is 5.11 Å². The summed E-state index contributed by atoms with van der Waals surface area (Å²) in [4.78, 5) is 11.1. The fraction of sp³-hybridized carbons (Fsp3) is 0.958. The van der Waals surface area contributed by atoms with Crippen molar-refractivity contribution in [3.63, 3.8) is 0 Å². The molecule has 0 spiro atoms. The van der Waals surface area contributed by atoms with Gasteiger partial charge in [0, 0.05) is 6.42 Å². The van der Waals surface area contributed by atoms with Crippen LogP contribution in [0.2, 0.25) is 0 Å². The molecule has 4 aliphatic carbocycles. The average molecular weight is 393 g/mol. The monoisotopic (exact) mass is 392 g/mol. The maximum absolute atomic E-state index is 11.2. The maximum atomic E-state index is 11.2. The van der Waals surface area contributed by atoms with Crippen LogP contribution >= 0.6 is 0 Å². The van der Waals surface area contributed by atoms with Crippen molar-refractivity contribution in [3.05, 3.63) is 0 Å². The molecule has 4 nitrogen and oxygen atoms in total. The number of aliphatic carboxylic acids is 1. The molecule has 4 saturated carbocycles. The lowest BCUT2D eigenvalue weighted by Crippen LogP contribution is -2.58. The Kier molecular flexibility index (Phi) is 5.36. The first kappa shape index (κ1) is 20.7. The van der Waals surface area contributed by atoms with E-state index in [1.807, 2.05) is 0 Å². The first-order valence-corrected chi connectivity index (χ1v) is 11.7. The second kappa shape index (κ2) is 7.27. The third-order valence-electron chi connectivity index (χ3n) is 10.2. The number of carbonyl (C=O) groups is 1. The fourth-order valence-corrected chi connectivity index (χ4v) is 8.73. The van der Waals surface area contributed by atoms with Gasteiger partial charge in [-0.15, -0.1) is 0 Å². The number of aliphatic hydroxyl groups is 2. The number of rotatable bonds is 4. The molecule has 4 rings (SSSR count). The normalized spacial score (nSPS) is 51.7. The minimum atomic E-state index is -0.684. The molecule has 0 aromatic heterocycles. The van der Waals surface area contributed by atoms with Gasteiger partial charge in [0.2, 0.25) is 0 Å². The van der Waals surface area contributed by atoms with E-state index in [0.717, 1.165) is 32.1 Å². The van der Waals surface area contributed by atoms with Crippen LogP contribution in [0.4, 0.5) is 0 Å². The molecule has 0 aromatic carbocycles. The molecule has 0 aromatic rings. The van der Waals surface area contributed by atoms with Crippen molar-refractivity contribution >= 4 is 5.97 Å². The van der Waals surface area contributed by atoms with Crippen LogP contribution in [0.5, 0.6) is 0 Å². The molecular weight excluding hydrogens is 352 g/mol. The summed E-state index contributed by atoms with van der Waals surface area (Å²) in [5.74, 6) is 2.36. The van der Waals surface area contributed by atoms with Crippen LogP contribution in [0.25, 0.3) is 0 Å². The van der Waals surface area contributed by atoms with Crippen LogP contribution in [0, 0.1) is 46.3 Å². The van der Waals surface area contributed by atoms with Gasteiger partial charge in [-0.1, -0.05) is 20.8 Å². The summed E-state index contributed by atoms with van der Waals surface area (Å²) in [6, 6.07) is 0. The van der Waals surface area contributed by atoms with Crippen molar-refractivity contribution in [1.29, 1.82) is 0 Å². The summed E-state index contributed by atoms with van der Waals surface area (Å²) in [5, 5.41) is 30.5. The van der Waals surface area contributed by atoms with Gasteiger partial charge < -0.3 is 15.3 Å². The highest BCUT2D eigenvalue weighted by Gasteiger charge is 2.62. The molecule has 4 aliphatic rings. The number of aliphatic hydroxyl groups excluding tert-OH is 2. The molecule has 10 atom stereocenters. The quantitative estimate of drug-likeness (QED) is 0.659. The molecule has 3 N–H and O–H groups in total. The largest absolute Gasteiger partial charge is 0.481 e. The van der Waals surface area contributed by atoms with E-state index >= 15 is 0 Å². The van der Waals surface area contributed by atoms with E-state index in [1.54, 1.807) is 0 Å². The van der Waals surface area contributed by atoms with E-state index in [-0.39, 0.29) is 29.5 Å². The fourth-order valence-electron chi connectivity index (χ4n) is 8.73. The Balaban J connectivity index is 1.55. The molecular formula is C24H40O4. The van der Waals surface area contributed by atoms with Crippen LogP contribution in [0.3, 0.4) is 0 Å². The molecule has 0 amide bonds. The summed E-state index contributed by atoms with van der Waals surface area (Å²) in [6.07, 6.45) is 9.19. The Labute approximate surface area is 170 Å². The Morgan fingerprint density at radius 3 is 2.39 bits per heavy atom. The lowest BCUT2D eigenvalue weighted by atomic mass is 9.43. The van der Waals surface area contributed by atoms with Crippen molar-refractivity contribution in [2.24, 2.45) is 46.3 Å². The Hall–Kier alpha value is -0.610. The Bertz CT molecular complexity index is 605. The molecule has 0 radical (unpaired) electrons. The maximum Gasteiger partial charge on any atom is 0.303 e. The second-order valence-electron chi connectivity index (χ2n) is 11.4. The standard InChI is InChI=1S/C24H40O4/c1-14(4-7-21(27)28)17-5-6-18-22-19(9-11-24(17,18)3)23(2)10-8-16(25)12-15(23)13-20(22)26/h14-20,22,25-26H,4-13H2,1-3H3,(H,27,28)/t14-,15-,16?,17+,18?,19?,20-,22-,23-,24+/m0/s1. The van der Waals surface area contributed by atoms with Crippen LogP contribution in [0.1, 0.15) is 85.0 Å². The zero-order valence-electron chi connectivity index (χ0n) is 17.9. The van der Waals surface area contributed by atoms with Gasteiger partial charge in [-0.3, -0.25) is 4.79 Å². The summed E-state index contributed by atoms with van der Waals surface area (Å²) in [6.45, 7) is 7.16. The first-order chi connectivity index (χ1) is 13.2. The predicted molar refractivity (Wildman–Crippen MR) is 109 cm³/mol. The van der Waals surface area contributed by atoms with Crippen molar-refractivity contribution in [1.82, 2.24) is 0 Å². The minimum Gasteiger partial charge on any atom is -0.481 e. The second-order valence-corrected chi connectivity index (χ2v) is 11.4. The Morgan fingerprint density at radius 1 is 1.00 bits per heavy atom. The average Bonchev–Trinajstić information content (AvgIpc) is 2.98. The topological polar surface area (TPSA) is 77.8 Å². The van der Waals surface area contributed by atoms with Gasteiger partial charge in [0.1, 0.15) is 0 Å². The van der Waals surface area contributed by atoms with Crippen LogP contribution < -0.4 is 0 Å². The van der Waals surface area contributed by atoms with E-state index < -0.39 is 5.97 Å². The number of hydrogen-bond acceptors (Lipinski definition) is 3. The molecule has 4 fully saturated rings. The zero-order chi connectivity index (χ0) is 20.3. The molecule has 28 heavy (non-hydrogen) atoms. The summed E-state index contributed by atoms with van der Waals surface area (Å²) < 4.78 is 0. The van der Waals surface area contributed by atoms with Gasteiger partial charge in [-0.2, -0.15) is 0 Å². The highest BCUT2D eigenvalue weighted by molar-refractivity contribution is 5.66. The molecule has 0 saturated heterocycles. The van der Waals surface area contributed by atoms with Crippen molar-refractivity contribution in [3.8, 4) is 0 Å². The molecule has 4 heteroatoms. The van der Waals surface area contributed by atoms with Gasteiger partial charge >= 0.3 is 5.97 Å². The third-order valence-corrected chi connectivity index (χ3v) is 10.2. The molecule has 0 heterocycles. The van der Waals surface area contributed by atoms with E-state index in [9.17, 15) is 15.0 Å². The van der Waals surface area contributed by atoms with Crippen molar-refractivity contribution in [2.75, 3.05) is 0 Å². The predicted octanol–water partition coefficient (Wildman–Crippen LogP) is 4.48. The highest BCUT2D eigenvalue weighted by atomic mass is 16.4. The van der Waals surface area contributed by atoms with Crippen molar-refractivity contribution in [2.45, 2.75) is 97.2 Å². The van der Waals surface area contributed by atoms with Crippen LogP contribution in [-0.2, 0) is 4.79 Å². The molecule has 0 aliphatic heterocycles. The lowest BCUT2D eigenvalue weighted by Gasteiger charge is -2.62. The SMILES string of the molecule is C[C@@H](CCC(=O)O)[C@H]1CCC2[C@H]3C(CC[C@@]21C)[C@@]1(C)CCC(O)C[C@H]1C[C@@H]3O.